The number of nitrogens with one attached hydrogen (secondary N) is 1. The van der Waals surface area contributed by atoms with Crippen LogP contribution in [0.2, 0.25) is 0 Å². The minimum absolute atomic E-state index is 0. The molecule has 7 heteroatoms. The van der Waals surface area contributed by atoms with E-state index in [1.165, 1.54) is 0 Å². The molecule has 1 fully saturated rings. The number of para-hydroxylation sites is 1. The SMILES string of the molecule is CC1(CN)CCN(CC(=O)NCCc2cnn(-c3ccccc3)c2)C1.Cl. The van der Waals surface area contributed by atoms with Crippen LogP contribution < -0.4 is 11.1 Å². The number of nitrogens with zero attached hydrogens (tertiary/aromatic N) is 3. The highest BCUT2D eigenvalue weighted by molar-refractivity contribution is 5.85. The summed E-state index contributed by atoms with van der Waals surface area (Å²) in [6, 6.07) is 10.0. The average Bonchev–Trinajstić information content (AvgIpc) is 3.23. The van der Waals surface area contributed by atoms with Crippen molar-refractivity contribution < 1.29 is 4.79 Å². The lowest BCUT2D eigenvalue weighted by Crippen LogP contribution is -2.38. The fraction of sp³-hybridized carbons (Fsp3) is 0.474. The van der Waals surface area contributed by atoms with Crippen molar-refractivity contribution in [3.05, 3.63) is 48.3 Å². The second-order valence-electron chi connectivity index (χ2n) is 7.20. The third kappa shape index (κ3) is 5.30. The number of carbonyl (C=O) groups is 1. The minimum atomic E-state index is 0. The predicted octanol–water partition coefficient (Wildman–Crippen LogP) is 1.62. The zero-order chi connectivity index (χ0) is 17.7. The summed E-state index contributed by atoms with van der Waals surface area (Å²) in [5.74, 6) is 0.0803. The first kappa shape index (κ1) is 20.4. The predicted molar refractivity (Wildman–Crippen MR) is 106 cm³/mol. The van der Waals surface area contributed by atoms with E-state index in [-0.39, 0.29) is 23.7 Å². The second-order valence-corrected chi connectivity index (χ2v) is 7.20. The van der Waals surface area contributed by atoms with Crippen LogP contribution in [0.3, 0.4) is 0 Å². The molecular formula is C19H28ClN5O. The molecule has 26 heavy (non-hydrogen) atoms. The fourth-order valence-corrected chi connectivity index (χ4v) is 3.24. The highest BCUT2D eigenvalue weighted by atomic mass is 35.5. The van der Waals surface area contributed by atoms with Crippen LogP contribution in [0, 0.1) is 5.41 Å². The van der Waals surface area contributed by atoms with E-state index in [1.807, 2.05) is 47.4 Å². The van der Waals surface area contributed by atoms with Crippen LogP contribution in [0.1, 0.15) is 18.9 Å². The molecule has 1 aromatic carbocycles. The number of carbonyl (C=O) groups excluding carboxylic acids is 1. The van der Waals surface area contributed by atoms with E-state index < -0.39 is 0 Å². The molecule has 1 amide bonds. The minimum Gasteiger partial charge on any atom is -0.355 e. The number of hydrogen-bond donors (Lipinski definition) is 2. The summed E-state index contributed by atoms with van der Waals surface area (Å²) in [7, 11) is 0. The number of amides is 1. The first-order valence-electron chi connectivity index (χ1n) is 8.86. The fourth-order valence-electron chi connectivity index (χ4n) is 3.24. The van der Waals surface area contributed by atoms with Crippen molar-refractivity contribution in [1.82, 2.24) is 20.0 Å². The normalized spacial score (nSPS) is 19.9. The Morgan fingerprint density at radius 2 is 2.12 bits per heavy atom. The van der Waals surface area contributed by atoms with Gasteiger partial charge in [-0.25, -0.2) is 4.68 Å². The molecule has 142 valence electrons. The molecule has 2 aromatic rings. The summed E-state index contributed by atoms with van der Waals surface area (Å²) in [5.41, 5.74) is 8.12. The monoisotopic (exact) mass is 377 g/mol. The Kier molecular flexibility index (Phi) is 7.20. The van der Waals surface area contributed by atoms with Crippen molar-refractivity contribution in [3.63, 3.8) is 0 Å². The van der Waals surface area contributed by atoms with Gasteiger partial charge in [-0.1, -0.05) is 25.1 Å². The standard InChI is InChI=1S/C19H27N5O.ClH/c1-19(14-20)8-10-23(15-19)13-18(25)21-9-7-16-11-22-24(12-16)17-5-3-2-4-6-17;/h2-6,11-12H,7-10,13-15,20H2,1H3,(H,21,25);1H. The maximum atomic E-state index is 12.1. The first-order chi connectivity index (χ1) is 12.1. The lowest BCUT2D eigenvalue weighted by Gasteiger charge is -2.22. The van der Waals surface area contributed by atoms with Gasteiger partial charge in [0.25, 0.3) is 0 Å². The largest absolute Gasteiger partial charge is 0.355 e. The molecule has 3 N–H and O–H groups in total. The van der Waals surface area contributed by atoms with Gasteiger partial charge < -0.3 is 11.1 Å². The number of benzene rings is 1. The molecule has 3 rings (SSSR count). The van der Waals surface area contributed by atoms with Crippen molar-refractivity contribution in [2.45, 2.75) is 19.8 Å². The molecule has 1 atom stereocenters. The first-order valence-corrected chi connectivity index (χ1v) is 8.86. The molecule has 0 radical (unpaired) electrons. The molecular weight excluding hydrogens is 350 g/mol. The third-order valence-corrected chi connectivity index (χ3v) is 4.89. The van der Waals surface area contributed by atoms with E-state index >= 15 is 0 Å². The van der Waals surface area contributed by atoms with Gasteiger partial charge in [-0.3, -0.25) is 9.69 Å². The molecule has 1 saturated heterocycles. The number of hydrogen-bond acceptors (Lipinski definition) is 4. The highest BCUT2D eigenvalue weighted by Crippen LogP contribution is 2.27. The maximum Gasteiger partial charge on any atom is 0.234 e. The Labute approximate surface area is 161 Å². The maximum absolute atomic E-state index is 12.1. The number of likely N-dealkylation sites (tertiary alicyclic amines) is 1. The molecule has 0 saturated carbocycles. The van der Waals surface area contributed by atoms with Crippen LogP contribution in [0.25, 0.3) is 5.69 Å². The van der Waals surface area contributed by atoms with Gasteiger partial charge in [0.05, 0.1) is 18.4 Å². The topological polar surface area (TPSA) is 76.2 Å². The number of halogens is 1. The van der Waals surface area contributed by atoms with Crippen molar-refractivity contribution >= 4 is 18.3 Å². The number of nitrogens with two attached hydrogens (primary N) is 1. The van der Waals surface area contributed by atoms with Gasteiger partial charge in [0.1, 0.15) is 0 Å². The van der Waals surface area contributed by atoms with E-state index in [2.05, 4.69) is 22.2 Å². The molecule has 1 aliphatic rings. The van der Waals surface area contributed by atoms with Crippen LogP contribution in [0.4, 0.5) is 0 Å². The van der Waals surface area contributed by atoms with Crippen LogP contribution in [0.5, 0.6) is 0 Å². The summed E-state index contributed by atoms with van der Waals surface area (Å²) in [6.07, 6.45) is 5.70. The van der Waals surface area contributed by atoms with Gasteiger partial charge in [-0.05, 0) is 49.0 Å². The summed E-state index contributed by atoms with van der Waals surface area (Å²) < 4.78 is 1.86. The van der Waals surface area contributed by atoms with E-state index in [1.54, 1.807) is 0 Å². The van der Waals surface area contributed by atoms with Crippen molar-refractivity contribution in [3.8, 4) is 5.69 Å². The van der Waals surface area contributed by atoms with Crippen molar-refractivity contribution in [1.29, 1.82) is 0 Å². The summed E-state index contributed by atoms with van der Waals surface area (Å²) >= 11 is 0. The molecule has 1 aliphatic heterocycles. The Hall–Kier alpha value is -1.89. The van der Waals surface area contributed by atoms with E-state index in [0.29, 0.717) is 19.6 Å². The van der Waals surface area contributed by atoms with Gasteiger partial charge >= 0.3 is 0 Å². The number of rotatable bonds is 7. The molecule has 6 nitrogen and oxygen atoms in total. The second kappa shape index (κ2) is 9.16. The number of aromatic nitrogens is 2. The smallest absolute Gasteiger partial charge is 0.234 e. The van der Waals surface area contributed by atoms with Crippen molar-refractivity contribution in [2.24, 2.45) is 11.1 Å². The van der Waals surface area contributed by atoms with Crippen LogP contribution in [-0.2, 0) is 11.2 Å². The van der Waals surface area contributed by atoms with Crippen LogP contribution in [0.15, 0.2) is 42.7 Å². The Morgan fingerprint density at radius 1 is 1.35 bits per heavy atom. The molecule has 0 aliphatic carbocycles. The Balaban J connectivity index is 0.00000243. The lowest BCUT2D eigenvalue weighted by molar-refractivity contribution is -0.122. The van der Waals surface area contributed by atoms with Gasteiger partial charge in [-0.2, -0.15) is 5.10 Å². The average molecular weight is 378 g/mol. The molecule has 1 unspecified atom stereocenters. The molecule has 1 aromatic heterocycles. The summed E-state index contributed by atoms with van der Waals surface area (Å²) in [5, 5.41) is 7.38. The third-order valence-electron chi connectivity index (χ3n) is 4.89. The van der Waals surface area contributed by atoms with Gasteiger partial charge in [-0.15, -0.1) is 12.4 Å². The Morgan fingerprint density at radius 3 is 2.81 bits per heavy atom. The summed E-state index contributed by atoms with van der Waals surface area (Å²) in [6.45, 7) is 5.80. The van der Waals surface area contributed by atoms with E-state index in [4.69, 9.17) is 5.73 Å². The van der Waals surface area contributed by atoms with Crippen LogP contribution >= 0.6 is 12.4 Å². The van der Waals surface area contributed by atoms with Crippen LogP contribution in [-0.4, -0.2) is 53.3 Å². The molecule has 0 spiro atoms. The lowest BCUT2D eigenvalue weighted by atomic mass is 9.90. The van der Waals surface area contributed by atoms with E-state index in [9.17, 15) is 4.79 Å². The van der Waals surface area contributed by atoms with Gasteiger partial charge in [0.2, 0.25) is 5.91 Å². The van der Waals surface area contributed by atoms with Gasteiger partial charge in [0.15, 0.2) is 0 Å². The molecule has 0 bridgehead atoms. The Bertz CT molecular complexity index is 705. The zero-order valence-electron chi connectivity index (χ0n) is 15.2. The van der Waals surface area contributed by atoms with E-state index in [0.717, 1.165) is 37.2 Å². The highest BCUT2D eigenvalue weighted by Gasteiger charge is 2.32. The zero-order valence-corrected chi connectivity index (χ0v) is 16.0. The molecule has 2 heterocycles. The van der Waals surface area contributed by atoms with Gasteiger partial charge in [0, 0.05) is 19.3 Å². The quantitative estimate of drug-likeness (QED) is 0.768. The van der Waals surface area contributed by atoms with Crippen molar-refractivity contribution in [2.75, 3.05) is 32.7 Å². The summed E-state index contributed by atoms with van der Waals surface area (Å²) in [4.78, 5) is 14.3.